The third-order valence-corrected chi connectivity index (χ3v) is 6.85. The van der Waals surface area contributed by atoms with Crippen LogP contribution in [0.5, 0.6) is 5.75 Å². The molecule has 1 saturated heterocycles. The molecule has 7 nitrogen and oxygen atoms in total. The van der Waals surface area contributed by atoms with Gasteiger partial charge in [0.2, 0.25) is 0 Å². The van der Waals surface area contributed by atoms with Crippen molar-refractivity contribution in [2.24, 2.45) is 5.73 Å². The van der Waals surface area contributed by atoms with Gasteiger partial charge in [-0.15, -0.1) is 0 Å². The van der Waals surface area contributed by atoms with Crippen molar-refractivity contribution < 1.29 is 14.7 Å². The average Bonchev–Trinajstić information content (AvgIpc) is 2.98. The highest BCUT2D eigenvalue weighted by Crippen LogP contribution is 2.30. The van der Waals surface area contributed by atoms with Crippen LogP contribution < -0.4 is 10.5 Å². The zero-order valence-corrected chi connectivity index (χ0v) is 23.1. The van der Waals surface area contributed by atoms with Gasteiger partial charge in [0, 0.05) is 43.2 Å². The normalized spacial score (nSPS) is 14.2. The van der Waals surface area contributed by atoms with E-state index in [0.717, 1.165) is 42.5 Å². The molecule has 4 rings (SSSR count). The molecule has 0 spiro atoms. The number of piperazine rings is 1. The summed E-state index contributed by atoms with van der Waals surface area (Å²) in [6.07, 6.45) is 0.318. The Hall–Kier alpha value is -3.98. The van der Waals surface area contributed by atoms with E-state index >= 15 is 0 Å². The molecule has 3 N–H and O–H groups in total. The van der Waals surface area contributed by atoms with Crippen molar-refractivity contribution in [3.63, 3.8) is 0 Å². The number of primary amides is 1. The van der Waals surface area contributed by atoms with Crippen LogP contribution in [0.3, 0.4) is 0 Å². The van der Waals surface area contributed by atoms with E-state index in [0.29, 0.717) is 24.6 Å². The Morgan fingerprint density at radius 3 is 2.27 bits per heavy atom. The van der Waals surface area contributed by atoms with Crippen LogP contribution in [-0.2, 0) is 0 Å². The fourth-order valence-corrected chi connectivity index (χ4v) is 4.61. The molecule has 1 aliphatic heterocycles. The second-order valence-corrected chi connectivity index (χ2v) is 9.79. The Bertz CT molecular complexity index is 1350. The number of carbonyl (C=O) groups is 1. The van der Waals surface area contributed by atoms with E-state index in [1.54, 1.807) is 0 Å². The monoisotopic (exact) mass is 556 g/mol. The Kier molecular flexibility index (Phi) is 10.9. The summed E-state index contributed by atoms with van der Waals surface area (Å²) < 4.78 is 5.74. The van der Waals surface area contributed by atoms with Crippen LogP contribution in [-0.4, -0.2) is 72.0 Å². The van der Waals surface area contributed by atoms with Crippen LogP contribution in [0.15, 0.2) is 78.9 Å². The molecule has 3 aromatic rings. The SMILES string of the molecule is NC(=O)N(O)CCC#Cc1ccc(OCC#CCN2CCN(C(c3ccccc3)c3ccc(Cl)cc3)CC2)cc1. The first kappa shape index (κ1) is 29.0. The van der Waals surface area contributed by atoms with Crippen molar-refractivity contribution in [1.29, 1.82) is 0 Å². The number of halogens is 1. The van der Waals surface area contributed by atoms with E-state index in [2.05, 4.69) is 75.9 Å². The highest BCUT2D eigenvalue weighted by molar-refractivity contribution is 6.30. The quantitative estimate of drug-likeness (QED) is 0.240. The van der Waals surface area contributed by atoms with Crippen LogP contribution in [0.4, 0.5) is 4.79 Å². The molecule has 1 heterocycles. The molecular weight excluding hydrogens is 524 g/mol. The number of hydrogen-bond acceptors (Lipinski definition) is 5. The standard InChI is InChI=1S/C32H33ClN4O3/c33-29-15-13-28(14-16-29)31(27-9-2-1-3-10-27)36-23-21-35(22-24-36)19-6-7-25-40-30-17-11-26(12-18-30)8-4-5-20-37(39)32(34)38/h1-3,9-18,31,39H,5,19-25H2,(H2,34,38). The Balaban J connectivity index is 1.21. The number of urea groups is 1. The first-order valence-electron chi connectivity index (χ1n) is 13.2. The molecular formula is C32H33ClN4O3. The molecule has 1 atom stereocenters. The van der Waals surface area contributed by atoms with Gasteiger partial charge in [-0.2, -0.15) is 0 Å². The lowest BCUT2D eigenvalue weighted by atomic mass is 9.96. The lowest BCUT2D eigenvalue weighted by molar-refractivity contribution is -0.0372. The first-order valence-corrected chi connectivity index (χ1v) is 13.6. The fourth-order valence-electron chi connectivity index (χ4n) is 4.48. The average molecular weight is 557 g/mol. The van der Waals surface area contributed by atoms with Gasteiger partial charge >= 0.3 is 6.03 Å². The van der Waals surface area contributed by atoms with E-state index in [4.69, 9.17) is 22.1 Å². The van der Waals surface area contributed by atoms with Crippen LogP contribution in [0, 0.1) is 23.7 Å². The van der Waals surface area contributed by atoms with E-state index in [9.17, 15) is 10.0 Å². The van der Waals surface area contributed by atoms with E-state index in [-0.39, 0.29) is 12.6 Å². The van der Waals surface area contributed by atoms with Gasteiger partial charge in [0.25, 0.3) is 0 Å². The van der Waals surface area contributed by atoms with Gasteiger partial charge < -0.3 is 10.5 Å². The van der Waals surface area contributed by atoms with Crippen LogP contribution in [0.2, 0.25) is 5.02 Å². The van der Waals surface area contributed by atoms with Crippen molar-refractivity contribution in [1.82, 2.24) is 14.9 Å². The predicted octanol–water partition coefficient (Wildman–Crippen LogP) is 4.64. The van der Waals surface area contributed by atoms with E-state index in [1.165, 1.54) is 11.1 Å². The van der Waals surface area contributed by atoms with Crippen LogP contribution in [0.25, 0.3) is 0 Å². The number of rotatable bonds is 8. The molecule has 1 aliphatic rings. The zero-order chi connectivity index (χ0) is 28.2. The van der Waals surface area contributed by atoms with Gasteiger partial charge in [0.1, 0.15) is 12.4 Å². The molecule has 206 valence electrons. The predicted molar refractivity (Wildman–Crippen MR) is 157 cm³/mol. The summed E-state index contributed by atoms with van der Waals surface area (Å²) >= 11 is 6.15. The number of ether oxygens (including phenoxy) is 1. The molecule has 2 amide bonds. The summed E-state index contributed by atoms with van der Waals surface area (Å²) in [5, 5.41) is 10.4. The van der Waals surface area contributed by atoms with Crippen LogP contribution >= 0.6 is 11.6 Å². The molecule has 1 fully saturated rings. The molecule has 40 heavy (non-hydrogen) atoms. The van der Waals surface area contributed by atoms with Gasteiger partial charge in [-0.1, -0.05) is 77.7 Å². The Morgan fingerprint density at radius 2 is 1.60 bits per heavy atom. The van der Waals surface area contributed by atoms with Gasteiger partial charge in [-0.3, -0.25) is 15.0 Å². The number of carbonyl (C=O) groups excluding carboxylic acids is 1. The topological polar surface area (TPSA) is 82.3 Å². The second-order valence-electron chi connectivity index (χ2n) is 9.36. The third-order valence-electron chi connectivity index (χ3n) is 6.60. The van der Waals surface area contributed by atoms with Crippen LogP contribution in [0.1, 0.15) is 29.2 Å². The molecule has 0 radical (unpaired) electrons. The maximum atomic E-state index is 10.8. The first-order chi connectivity index (χ1) is 19.5. The number of hydroxylamine groups is 2. The molecule has 0 aromatic heterocycles. The van der Waals surface area contributed by atoms with Crippen molar-refractivity contribution >= 4 is 17.6 Å². The third kappa shape index (κ3) is 8.77. The minimum absolute atomic E-state index is 0.0650. The Morgan fingerprint density at radius 1 is 0.925 bits per heavy atom. The largest absolute Gasteiger partial charge is 0.481 e. The van der Waals surface area contributed by atoms with Gasteiger partial charge in [0.05, 0.1) is 19.1 Å². The lowest BCUT2D eigenvalue weighted by Gasteiger charge is -2.39. The fraction of sp³-hybridized carbons (Fsp3) is 0.281. The lowest BCUT2D eigenvalue weighted by Crippen LogP contribution is -2.47. The molecule has 1 unspecified atom stereocenters. The van der Waals surface area contributed by atoms with Crippen molar-refractivity contribution in [2.45, 2.75) is 12.5 Å². The molecule has 0 bridgehead atoms. The molecule has 8 heteroatoms. The number of nitrogens with two attached hydrogens (primary N) is 1. The summed E-state index contributed by atoms with van der Waals surface area (Å²) in [7, 11) is 0. The highest BCUT2D eigenvalue weighted by atomic mass is 35.5. The van der Waals surface area contributed by atoms with Gasteiger partial charge in [-0.25, -0.2) is 9.86 Å². The number of amides is 2. The highest BCUT2D eigenvalue weighted by Gasteiger charge is 2.26. The summed E-state index contributed by atoms with van der Waals surface area (Å²) in [5.41, 5.74) is 8.30. The minimum Gasteiger partial charge on any atom is -0.481 e. The zero-order valence-electron chi connectivity index (χ0n) is 22.3. The smallest absolute Gasteiger partial charge is 0.338 e. The van der Waals surface area contributed by atoms with Crippen molar-refractivity contribution in [3.05, 3.63) is 101 Å². The van der Waals surface area contributed by atoms with E-state index < -0.39 is 6.03 Å². The maximum Gasteiger partial charge on any atom is 0.338 e. The summed E-state index contributed by atoms with van der Waals surface area (Å²) in [6, 6.07) is 25.5. The second kappa shape index (κ2) is 15.0. The summed E-state index contributed by atoms with van der Waals surface area (Å²) in [4.78, 5) is 15.7. The number of benzene rings is 3. The maximum absolute atomic E-state index is 10.8. The van der Waals surface area contributed by atoms with Crippen molar-refractivity contribution in [2.75, 3.05) is 45.9 Å². The van der Waals surface area contributed by atoms with Gasteiger partial charge in [-0.05, 0) is 47.5 Å². The minimum atomic E-state index is -0.892. The molecule has 3 aromatic carbocycles. The van der Waals surface area contributed by atoms with E-state index in [1.807, 2.05) is 36.4 Å². The molecule has 0 saturated carbocycles. The number of hydrogen-bond donors (Lipinski definition) is 2. The Labute approximate surface area is 241 Å². The molecule has 0 aliphatic carbocycles. The summed E-state index contributed by atoms with van der Waals surface area (Å²) in [6.45, 7) is 4.91. The number of nitrogens with zero attached hydrogens (tertiary/aromatic N) is 3. The van der Waals surface area contributed by atoms with Gasteiger partial charge in [0.15, 0.2) is 0 Å². The van der Waals surface area contributed by atoms with Crippen molar-refractivity contribution in [3.8, 4) is 29.4 Å². The summed E-state index contributed by atoms with van der Waals surface area (Å²) in [5.74, 6) is 12.9.